The van der Waals surface area contributed by atoms with Gasteiger partial charge in [-0.05, 0) is 58.7 Å². The van der Waals surface area contributed by atoms with E-state index in [1.807, 2.05) is 52.0 Å². The zero-order valence-electron chi connectivity index (χ0n) is 21.0. The summed E-state index contributed by atoms with van der Waals surface area (Å²) in [5.74, 6) is -0.417. The van der Waals surface area contributed by atoms with E-state index in [0.29, 0.717) is 13.0 Å². The standard InChI is InChI=1S/C26H37N3O4S/c1-20-14-16-22(17-15-20)19-29(21(2)25(31)27-26(3,4)5)24(30)13-10-18-28(6)34(32,33)23-11-8-7-9-12-23/h7-9,11-12,14-17,21H,10,13,18-19H2,1-6H3,(H,27,31)/t21-/m1/s1. The second-order valence-corrected chi connectivity index (χ2v) is 11.7. The Bertz CT molecular complexity index is 1060. The van der Waals surface area contributed by atoms with Gasteiger partial charge in [-0.25, -0.2) is 12.7 Å². The second kappa shape index (κ2) is 11.6. The summed E-state index contributed by atoms with van der Waals surface area (Å²) in [5, 5.41) is 2.94. The molecule has 0 aliphatic carbocycles. The number of hydrogen-bond acceptors (Lipinski definition) is 4. The average molecular weight is 488 g/mol. The van der Waals surface area contributed by atoms with Crippen molar-refractivity contribution < 1.29 is 18.0 Å². The minimum atomic E-state index is -3.62. The highest BCUT2D eigenvalue weighted by atomic mass is 32.2. The predicted molar refractivity (Wildman–Crippen MR) is 135 cm³/mol. The first-order chi connectivity index (χ1) is 15.8. The summed E-state index contributed by atoms with van der Waals surface area (Å²) in [6.45, 7) is 9.90. The number of rotatable bonds is 10. The van der Waals surface area contributed by atoms with E-state index >= 15 is 0 Å². The monoisotopic (exact) mass is 487 g/mol. The van der Waals surface area contributed by atoms with Gasteiger partial charge in [-0.15, -0.1) is 0 Å². The summed E-state index contributed by atoms with van der Waals surface area (Å²) in [7, 11) is -2.11. The molecule has 1 N–H and O–H groups in total. The van der Waals surface area contributed by atoms with Crippen molar-refractivity contribution in [2.24, 2.45) is 0 Å². The summed E-state index contributed by atoms with van der Waals surface area (Å²) in [6, 6.07) is 15.4. The minimum Gasteiger partial charge on any atom is -0.350 e. The van der Waals surface area contributed by atoms with E-state index in [4.69, 9.17) is 0 Å². The predicted octanol–water partition coefficient (Wildman–Crippen LogP) is 3.73. The topological polar surface area (TPSA) is 86.8 Å². The van der Waals surface area contributed by atoms with Crippen molar-refractivity contribution in [3.05, 3.63) is 65.7 Å². The van der Waals surface area contributed by atoms with E-state index in [1.54, 1.807) is 42.2 Å². The Hall–Kier alpha value is -2.71. The summed E-state index contributed by atoms with van der Waals surface area (Å²) in [6.07, 6.45) is 0.479. The van der Waals surface area contributed by atoms with Gasteiger partial charge in [-0.1, -0.05) is 48.0 Å². The molecule has 0 radical (unpaired) electrons. The van der Waals surface area contributed by atoms with Crippen molar-refractivity contribution in [1.29, 1.82) is 0 Å². The lowest BCUT2D eigenvalue weighted by Crippen LogP contribution is -2.52. The molecule has 0 heterocycles. The van der Waals surface area contributed by atoms with E-state index in [1.165, 1.54) is 11.4 Å². The van der Waals surface area contributed by atoms with Crippen LogP contribution < -0.4 is 5.32 Å². The summed E-state index contributed by atoms with van der Waals surface area (Å²) < 4.78 is 26.7. The number of carbonyl (C=O) groups is 2. The Morgan fingerprint density at radius 2 is 1.59 bits per heavy atom. The lowest BCUT2D eigenvalue weighted by molar-refractivity contribution is -0.141. The van der Waals surface area contributed by atoms with E-state index < -0.39 is 21.6 Å². The number of nitrogens with zero attached hydrogens (tertiary/aromatic N) is 2. The summed E-state index contributed by atoms with van der Waals surface area (Å²) >= 11 is 0. The Kier molecular flexibility index (Phi) is 9.41. The largest absolute Gasteiger partial charge is 0.350 e. The van der Waals surface area contributed by atoms with Crippen molar-refractivity contribution in [3.8, 4) is 0 Å². The molecule has 0 saturated carbocycles. The quantitative estimate of drug-likeness (QED) is 0.553. The van der Waals surface area contributed by atoms with Crippen LogP contribution in [0.25, 0.3) is 0 Å². The fourth-order valence-electron chi connectivity index (χ4n) is 3.44. The van der Waals surface area contributed by atoms with Crippen molar-refractivity contribution >= 4 is 21.8 Å². The first-order valence-corrected chi connectivity index (χ1v) is 12.9. The van der Waals surface area contributed by atoms with Crippen LogP contribution in [0.5, 0.6) is 0 Å². The molecule has 0 saturated heterocycles. The highest BCUT2D eigenvalue weighted by molar-refractivity contribution is 7.89. The van der Waals surface area contributed by atoms with Crippen molar-refractivity contribution in [2.75, 3.05) is 13.6 Å². The van der Waals surface area contributed by atoms with Crippen LogP contribution in [0, 0.1) is 6.92 Å². The van der Waals surface area contributed by atoms with Gasteiger partial charge in [0.25, 0.3) is 0 Å². The number of amides is 2. The van der Waals surface area contributed by atoms with E-state index in [-0.39, 0.29) is 29.7 Å². The van der Waals surface area contributed by atoms with Gasteiger partial charge in [-0.2, -0.15) is 0 Å². The van der Waals surface area contributed by atoms with Gasteiger partial charge < -0.3 is 10.2 Å². The number of sulfonamides is 1. The molecule has 34 heavy (non-hydrogen) atoms. The molecule has 0 aromatic heterocycles. The third-order valence-electron chi connectivity index (χ3n) is 5.45. The number of carbonyl (C=O) groups excluding carboxylic acids is 2. The molecule has 0 fully saturated rings. The molecule has 1 atom stereocenters. The van der Waals surface area contributed by atoms with Gasteiger partial charge in [0.15, 0.2) is 0 Å². The van der Waals surface area contributed by atoms with Gasteiger partial charge >= 0.3 is 0 Å². The van der Waals surface area contributed by atoms with E-state index in [2.05, 4.69) is 5.32 Å². The van der Waals surface area contributed by atoms with Crippen LogP contribution in [0.15, 0.2) is 59.5 Å². The maximum Gasteiger partial charge on any atom is 0.242 e. The molecular weight excluding hydrogens is 450 g/mol. The van der Waals surface area contributed by atoms with Gasteiger partial charge in [-0.3, -0.25) is 9.59 Å². The fraction of sp³-hybridized carbons (Fsp3) is 0.462. The molecule has 0 aliphatic heterocycles. The van der Waals surface area contributed by atoms with Crippen molar-refractivity contribution in [1.82, 2.24) is 14.5 Å². The first-order valence-electron chi connectivity index (χ1n) is 11.5. The zero-order valence-corrected chi connectivity index (χ0v) is 21.9. The van der Waals surface area contributed by atoms with Crippen molar-refractivity contribution in [3.63, 3.8) is 0 Å². The Balaban J connectivity index is 2.09. The number of nitrogens with one attached hydrogen (secondary N) is 1. The third-order valence-corrected chi connectivity index (χ3v) is 7.33. The van der Waals surface area contributed by atoms with Gasteiger partial charge in [0.2, 0.25) is 21.8 Å². The Labute approximate surface area is 204 Å². The molecule has 0 aliphatic rings. The highest BCUT2D eigenvalue weighted by Gasteiger charge is 2.28. The number of aryl methyl sites for hydroxylation is 1. The maximum absolute atomic E-state index is 13.2. The third kappa shape index (κ3) is 7.95. The minimum absolute atomic E-state index is 0.133. The highest BCUT2D eigenvalue weighted by Crippen LogP contribution is 2.16. The Morgan fingerprint density at radius 1 is 1.00 bits per heavy atom. The molecule has 7 nitrogen and oxygen atoms in total. The van der Waals surface area contributed by atoms with Crippen LogP contribution in [0.4, 0.5) is 0 Å². The lowest BCUT2D eigenvalue weighted by Gasteiger charge is -2.31. The number of benzene rings is 2. The molecule has 2 aromatic rings. The van der Waals surface area contributed by atoms with Crippen molar-refractivity contribution in [2.45, 2.75) is 70.5 Å². The molecule has 0 spiro atoms. The van der Waals surface area contributed by atoms with Gasteiger partial charge in [0.05, 0.1) is 4.90 Å². The van der Waals surface area contributed by atoms with E-state index in [0.717, 1.165) is 11.1 Å². The second-order valence-electron chi connectivity index (χ2n) is 9.67. The molecule has 2 amide bonds. The summed E-state index contributed by atoms with van der Waals surface area (Å²) in [4.78, 5) is 27.8. The average Bonchev–Trinajstić information content (AvgIpc) is 2.77. The normalized spacial score (nSPS) is 12.9. The van der Waals surface area contributed by atoms with Crippen LogP contribution in [0.3, 0.4) is 0 Å². The molecule has 2 rings (SSSR count). The molecule has 186 valence electrons. The van der Waals surface area contributed by atoms with Gasteiger partial charge in [0.1, 0.15) is 6.04 Å². The van der Waals surface area contributed by atoms with Crippen LogP contribution in [-0.2, 0) is 26.2 Å². The van der Waals surface area contributed by atoms with Crippen LogP contribution in [-0.4, -0.2) is 54.6 Å². The molecule has 0 bridgehead atoms. The first kappa shape index (κ1) is 27.5. The molecular formula is C26H37N3O4S. The van der Waals surface area contributed by atoms with Crippen LogP contribution >= 0.6 is 0 Å². The van der Waals surface area contributed by atoms with Crippen LogP contribution in [0.1, 0.15) is 51.7 Å². The molecule has 2 aromatic carbocycles. The van der Waals surface area contributed by atoms with Crippen LogP contribution in [0.2, 0.25) is 0 Å². The lowest BCUT2D eigenvalue weighted by atomic mass is 10.1. The summed E-state index contributed by atoms with van der Waals surface area (Å²) in [5.41, 5.74) is 1.62. The SMILES string of the molecule is Cc1ccc(CN(C(=O)CCCN(C)S(=O)(=O)c2ccccc2)[C@H](C)C(=O)NC(C)(C)C)cc1. The fourth-order valence-corrected chi connectivity index (χ4v) is 4.67. The zero-order chi connectivity index (χ0) is 25.5. The Morgan fingerprint density at radius 3 is 2.15 bits per heavy atom. The molecule has 8 heteroatoms. The van der Waals surface area contributed by atoms with E-state index in [9.17, 15) is 18.0 Å². The van der Waals surface area contributed by atoms with Gasteiger partial charge in [0, 0.05) is 32.1 Å². The molecule has 0 unspecified atom stereocenters. The maximum atomic E-state index is 13.2. The number of hydrogen-bond donors (Lipinski definition) is 1. The smallest absolute Gasteiger partial charge is 0.242 e.